The molecule has 0 amide bonds. The molecular weight excluding hydrogens is 138 g/mol. The first-order valence-electron chi connectivity index (χ1n) is 2.49. The van der Waals surface area contributed by atoms with Crippen molar-refractivity contribution in [2.75, 3.05) is 0 Å². The van der Waals surface area contributed by atoms with Gasteiger partial charge in [-0.15, -0.1) is 0 Å². The molecule has 0 saturated heterocycles. The van der Waals surface area contributed by atoms with Gasteiger partial charge in [0.05, 0.1) is 0 Å². The number of rotatable bonds is 1. The lowest BCUT2D eigenvalue weighted by Gasteiger charge is -1.82. The maximum atomic E-state index is 10.5. The van der Waals surface area contributed by atoms with Gasteiger partial charge in [0, 0.05) is 12.1 Å². The van der Waals surface area contributed by atoms with E-state index in [1.54, 1.807) is 0 Å². The summed E-state index contributed by atoms with van der Waals surface area (Å²) in [4.78, 5) is 0.233. The number of nitrogens with zero attached hydrogens (tertiary/aromatic N) is 3. The second-order valence-corrected chi connectivity index (χ2v) is 1.65. The van der Waals surface area contributed by atoms with Gasteiger partial charge in [-0.05, 0) is 4.90 Å². The third-order valence-electron chi connectivity index (χ3n) is 1.04. The van der Waals surface area contributed by atoms with Gasteiger partial charge in [0.25, 0.3) is 5.69 Å². The number of oxime groups is 1. The van der Waals surface area contributed by atoms with Crippen molar-refractivity contribution < 1.29 is 14.7 Å². The average molecular weight is 143 g/mol. The van der Waals surface area contributed by atoms with Gasteiger partial charge in [-0.2, -0.15) is 0 Å². The molecule has 0 aliphatic carbocycles. The fourth-order valence-electron chi connectivity index (χ4n) is 0.474. The van der Waals surface area contributed by atoms with E-state index >= 15 is 0 Å². The molecule has 1 aromatic heterocycles. The zero-order valence-corrected chi connectivity index (χ0v) is 5.18. The summed E-state index contributed by atoms with van der Waals surface area (Å²) in [5, 5.41) is 24.4. The van der Waals surface area contributed by atoms with E-state index in [1.165, 1.54) is 6.92 Å². The fourth-order valence-corrected chi connectivity index (χ4v) is 0.474. The van der Waals surface area contributed by atoms with E-state index in [-0.39, 0.29) is 16.3 Å². The quantitative estimate of drug-likeness (QED) is 0.247. The van der Waals surface area contributed by atoms with Crippen LogP contribution in [0.15, 0.2) is 9.78 Å². The van der Waals surface area contributed by atoms with E-state index in [0.717, 1.165) is 6.21 Å². The highest BCUT2D eigenvalue weighted by Gasteiger charge is 2.10. The SMILES string of the molecule is Cc1c(/C=N/O)no[n+]1[O-]. The molecule has 1 N–H and O–H groups in total. The molecule has 6 nitrogen and oxygen atoms in total. The monoisotopic (exact) mass is 143 g/mol. The maximum Gasteiger partial charge on any atom is 0.265 e. The van der Waals surface area contributed by atoms with Crippen LogP contribution in [0.2, 0.25) is 0 Å². The van der Waals surface area contributed by atoms with Gasteiger partial charge in [0.2, 0.25) is 5.69 Å². The molecule has 6 heteroatoms. The molecular formula is C4H5N3O3. The van der Waals surface area contributed by atoms with Crippen molar-refractivity contribution in [1.29, 1.82) is 0 Å². The molecule has 1 rings (SSSR count). The Labute approximate surface area is 55.9 Å². The van der Waals surface area contributed by atoms with Crippen molar-refractivity contribution in [2.24, 2.45) is 5.16 Å². The molecule has 0 atom stereocenters. The topological polar surface area (TPSA) is 85.6 Å². The molecule has 0 radical (unpaired) electrons. The van der Waals surface area contributed by atoms with Gasteiger partial charge in [0.15, 0.2) is 0 Å². The van der Waals surface area contributed by atoms with Gasteiger partial charge >= 0.3 is 0 Å². The largest absolute Gasteiger partial charge is 0.411 e. The van der Waals surface area contributed by atoms with Crippen LogP contribution < -0.4 is 4.90 Å². The first kappa shape index (κ1) is 6.53. The van der Waals surface area contributed by atoms with E-state index in [1.807, 2.05) is 0 Å². The minimum absolute atomic E-state index is 0.220. The first-order valence-corrected chi connectivity index (χ1v) is 2.49. The molecule has 54 valence electrons. The Kier molecular flexibility index (Phi) is 1.53. The van der Waals surface area contributed by atoms with Crippen molar-refractivity contribution >= 4 is 6.21 Å². The lowest BCUT2D eigenvalue weighted by molar-refractivity contribution is -0.806. The molecule has 10 heavy (non-hydrogen) atoms. The van der Waals surface area contributed by atoms with Crippen molar-refractivity contribution in [1.82, 2.24) is 5.16 Å². The molecule has 1 heterocycles. The summed E-state index contributed by atoms with van der Waals surface area (Å²) in [5.41, 5.74) is 0.482. The summed E-state index contributed by atoms with van der Waals surface area (Å²) < 4.78 is 4.16. The Bertz CT molecular complexity index is 254. The van der Waals surface area contributed by atoms with E-state index in [0.29, 0.717) is 0 Å². The third kappa shape index (κ3) is 0.903. The van der Waals surface area contributed by atoms with E-state index in [9.17, 15) is 5.21 Å². The van der Waals surface area contributed by atoms with Gasteiger partial charge in [0.1, 0.15) is 6.21 Å². The Morgan fingerprint density at radius 1 is 1.90 bits per heavy atom. The van der Waals surface area contributed by atoms with E-state index in [2.05, 4.69) is 14.9 Å². The Balaban J connectivity index is 3.05. The molecule has 0 aromatic carbocycles. The zero-order valence-electron chi connectivity index (χ0n) is 5.18. The Morgan fingerprint density at radius 3 is 3.00 bits per heavy atom. The minimum atomic E-state index is 0.220. The number of hydrogen-bond acceptors (Lipinski definition) is 5. The minimum Gasteiger partial charge on any atom is -0.411 e. The third-order valence-corrected chi connectivity index (χ3v) is 1.04. The average Bonchev–Trinajstić information content (AvgIpc) is 2.20. The molecule has 1 aromatic rings. The summed E-state index contributed by atoms with van der Waals surface area (Å²) in [6, 6.07) is 0. The van der Waals surface area contributed by atoms with Crippen LogP contribution >= 0.6 is 0 Å². The van der Waals surface area contributed by atoms with Crippen LogP contribution in [0.1, 0.15) is 11.4 Å². The summed E-state index contributed by atoms with van der Waals surface area (Å²) >= 11 is 0. The van der Waals surface area contributed by atoms with Gasteiger partial charge in [-0.3, -0.25) is 4.63 Å². The van der Waals surface area contributed by atoms with E-state index < -0.39 is 0 Å². The number of aromatic nitrogens is 2. The van der Waals surface area contributed by atoms with Crippen LogP contribution in [-0.2, 0) is 0 Å². The molecule has 0 aliphatic rings. The smallest absolute Gasteiger partial charge is 0.265 e. The molecule has 0 unspecified atom stereocenters. The summed E-state index contributed by atoms with van der Waals surface area (Å²) in [7, 11) is 0. The van der Waals surface area contributed by atoms with Gasteiger partial charge in [-0.25, -0.2) is 0 Å². The molecule has 0 bridgehead atoms. The lowest BCUT2D eigenvalue weighted by Crippen LogP contribution is -2.26. The van der Waals surface area contributed by atoms with Gasteiger partial charge in [-0.1, -0.05) is 5.16 Å². The lowest BCUT2D eigenvalue weighted by atomic mass is 10.4. The highest BCUT2D eigenvalue weighted by Crippen LogP contribution is 1.92. The van der Waals surface area contributed by atoms with Crippen molar-refractivity contribution in [3.63, 3.8) is 0 Å². The maximum absolute atomic E-state index is 10.5. The Hall–Kier alpha value is -1.59. The standard InChI is InChI=1S/C4H5N3O3/c1-3-4(2-5-8)6-10-7(3)9/h2,8H,1H3/b5-2+. The summed E-state index contributed by atoms with van der Waals surface area (Å²) in [6.45, 7) is 1.50. The van der Waals surface area contributed by atoms with Crippen LogP contribution in [0.4, 0.5) is 0 Å². The summed E-state index contributed by atoms with van der Waals surface area (Å²) in [6.07, 6.45) is 1.02. The van der Waals surface area contributed by atoms with Crippen molar-refractivity contribution in [2.45, 2.75) is 6.92 Å². The van der Waals surface area contributed by atoms with Crippen LogP contribution in [0.25, 0.3) is 0 Å². The Morgan fingerprint density at radius 2 is 2.60 bits per heavy atom. The molecule has 0 fully saturated rings. The highest BCUT2D eigenvalue weighted by molar-refractivity contribution is 5.76. The second-order valence-electron chi connectivity index (χ2n) is 1.65. The van der Waals surface area contributed by atoms with Crippen LogP contribution in [-0.4, -0.2) is 16.6 Å². The fraction of sp³-hybridized carbons (Fsp3) is 0.250. The predicted octanol–water partition coefficient (Wildman–Crippen LogP) is -0.575. The molecule has 0 saturated carbocycles. The van der Waals surface area contributed by atoms with Crippen molar-refractivity contribution in [3.8, 4) is 0 Å². The van der Waals surface area contributed by atoms with Crippen LogP contribution in [0.5, 0.6) is 0 Å². The van der Waals surface area contributed by atoms with Crippen LogP contribution in [0, 0.1) is 12.1 Å². The second kappa shape index (κ2) is 2.34. The summed E-state index contributed by atoms with van der Waals surface area (Å²) in [5.74, 6) is 0. The highest BCUT2D eigenvalue weighted by atomic mass is 16.8. The predicted molar refractivity (Wildman–Crippen MR) is 29.6 cm³/mol. The van der Waals surface area contributed by atoms with Crippen molar-refractivity contribution in [3.05, 3.63) is 16.6 Å². The first-order chi connectivity index (χ1) is 4.75. The zero-order chi connectivity index (χ0) is 7.56. The molecule has 0 aliphatic heterocycles. The number of hydrogen-bond donors (Lipinski definition) is 1. The normalized spacial score (nSPS) is 10.9. The molecule has 0 spiro atoms. The van der Waals surface area contributed by atoms with Crippen LogP contribution in [0.3, 0.4) is 0 Å². The van der Waals surface area contributed by atoms with E-state index in [4.69, 9.17) is 5.21 Å². The van der Waals surface area contributed by atoms with Gasteiger partial charge < -0.3 is 10.4 Å².